The maximum absolute atomic E-state index is 11.4. The third-order valence-corrected chi connectivity index (χ3v) is 3.15. The van der Waals surface area contributed by atoms with Gasteiger partial charge in [-0.15, -0.1) is 0 Å². The quantitative estimate of drug-likeness (QED) is 0.553. The molecule has 4 aromatic rings. The smallest absolute Gasteiger partial charge is 0.263 e. The minimum Gasteiger partial charge on any atom is -0.508 e. The first-order chi connectivity index (χ1) is 9.70. The van der Waals surface area contributed by atoms with Crippen LogP contribution in [-0.4, -0.2) is 19.7 Å². The molecule has 0 aliphatic rings. The number of phenolic OH excluding ortho intramolecular Hbond substituents is 1. The van der Waals surface area contributed by atoms with Crippen molar-refractivity contribution in [2.75, 3.05) is 0 Å². The molecule has 98 valence electrons. The molecule has 0 amide bonds. The van der Waals surface area contributed by atoms with Crippen molar-refractivity contribution in [1.82, 2.24) is 14.6 Å². The van der Waals surface area contributed by atoms with E-state index < -0.39 is 0 Å². The normalized spacial score (nSPS) is 11.4. The van der Waals surface area contributed by atoms with Gasteiger partial charge in [-0.3, -0.25) is 9.89 Å². The number of phenols is 1. The fourth-order valence-electron chi connectivity index (χ4n) is 2.23. The molecule has 3 aromatic heterocycles. The molecule has 0 bridgehead atoms. The number of aromatic hydroxyl groups is 1. The summed E-state index contributed by atoms with van der Waals surface area (Å²) in [6.07, 6.45) is 1.63. The molecule has 0 unspecified atom stereocenters. The predicted molar refractivity (Wildman–Crippen MR) is 72.7 cm³/mol. The van der Waals surface area contributed by atoms with Crippen molar-refractivity contribution in [1.29, 1.82) is 0 Å². The number of furan rings is 1. The van der Waals surface area contributed by atoms with E-state index in [1.165, 1.54) is 6.07 Å². The topological polar surface area (TPSA) is 83.5 Å². The van der Waals surface area contributed by atoms with Gasteiger partial charge in [0.05, 0.1) is 6.20 Å². The zero-order valence-corrected chi connectivity index (χ0v) is 10.2. The summed E-state index contributed by atoms with van der Waals surface area (Å²) >= 11 is 0. The average molecular weight is 267 g/mol. The standard InChI is InChI=1S/C14H9N3O3/c18-9-1-2-11-8(5-9)6-12(20-11)10-7-15-13-3-4-14(19)16-17(10)13/h1-7,18H,(H,16,19). The number of benzene rings is 1. The van der Waals surface area contributed by atoms with E-state index in [-0.39, 0.29) is 11.3 Å². The van der Waals surface area contributed by atoms with Gasteiger partial charge in [0.1, 0.15) is 17.0 Å². The third kappa shape index (κ3) is 1.51. The Kier molecular flexibility index (Phi) is 2.03. The molecule has 4 rings (SSSR count). The van der Waals surface area contributed by atoms with E-state index in [2.05, 4.69) is 10.1 Å². The Morgan fingerprint density at radius 2 is 2.10 bits per heavy atom. The molecule has 6 heteroatoms. The number of H-pyrrole nitrogens is 1. The van der Waals surface area contributed by atoms with Crippen LogP contribution in [0.15, 0.2) is 51.8 Å². The second-order valence-electron chi connectivity index (χ2n) is 4.48. The molecular weight excluding hydrogens is 258 g/mol. The maximum atomic E-state index is 11.4. The molecule has 0 aliphatic heterocycles. The van der Waals surface area contributed by atoms with E-state index in [0.717, 1.165) is 5.39 Å². The number of nitrogens with zero attached hydrogens (tertiary/aromatic N) is 2. The molecular formula is C14H9N3O3. The lowest BCUT2D eigenvalue weighted by Crippen LogP contribution is -2.09. The Balaban J connectivity index is 2.00. The molecule has 0 radical (unpaired) electrons. The highest BCUT2D eigenvalue weighted by molar-refractivity contribution is 5.83. The summed E-state index contributed by atoms with van der Waals surface area (Å²) < 4.78 is 7.29. The van der Waals surface area contributed by atoms with Crippen LogP contribution in [0.2, 0.25) is 0 Å². The summed E-state index contributed by atoms with van der Waals surface area (Å²) in [6.45, 7) is 0. The van der Waals surface area contributed by atoms with Gasteiger partial charge < -0.3 is 9.52 Å². The van der Waals surface area contributed by atoms with Gasteiger partial charge in [-0.25, -0.2) is 9.50 Å². The summed E-state index contributed by atoms with van der Waals surface area (Å²) in [7, 11) is 0. The van der Waals surface area contributed by atoms with E-state index >= 15 is 0 Å². The van der Waals surface area contributed by atoms with Crippen LogP contribution in [0, 0.1) is 0 Å². The molecule has 3 heterocycles. The largest absolute Gasteiger partial charge is 0.508 e. The zero-order valence-electron chi connectivity index (χ0n) is 10.2. The van der Waals surface area contributed by atoms with Gasteiger partial charge in [-0.2, -0.15) is 0 Å². The van der Waals surface area contributed by atoms with Crippen LogP contribution in [-0.2, 0) is 0 Å². The summed E-state index contributed by atoms with van der Waals surface area (Å²) in [5.41, 5.74) is 1.72. The van der Waals surface area contributed by atoms with Gasteiger partial charge in [0.15, 0.2) is 11.4 Å². The first-order valence-corrected chi connectivity index (χ1v) is 6.00. The minimum absolute atomic E-state index is 0.177. The van der Waals surface area contributed by atoms with Crippen molar-refractivity contribution < 1.29 is 9.52 Å². The van der Waals surface area contributed by atoms with E-state index in [1.807, 2.05) is 0 Å². The van der Waals surface area contributed by atoms with Crippen LogP contribution >= 0.6 is 0 Å². The zero-order chi connectivity index (χ0) is 13.7. The molecule has 2 N–H and O–H groups in total. The van der Waals surface area contributed by atoms with Crippen molar-refractivity contribution in [3.05, 3.63) is 52.9 Å². The fourth-order valence-corrected chi connectivity index (χ4v) is 2.23. The van der Waals surface area contributed by atoms with E-state index in [4.69, 9.17) is 4.42 Å². The molecule has 0 atom stereocenters. The lowest BCUT2D eigenvalue weighted by atomic mass is 10.2. The number of imidazole rings is 1. The highest BCUT2D eigenvalue weighted by Gasteiger charge is 2.12. The van der Waals surface area contributed by atoms with Crippen LogP contribution in [0.4, 0.5) is 0 Å². The van der Waals surface area contributed by atoms with E-state index in [1.54, 1.807) is 41.0 Å². The van der Waals surface area contributed by atoms with Crippen LogP contribution in [0.25, 0.3) is 28.1 Å². The molecule has 0 saturated carbocycles. The summed E-state index contributed by atoms with van der Waals surface area (Å²) in [5.74, 6) is 0.747. The third-order valence-electron chi connectivity index (χ3n) is 3.15. The van der Waals surface area contributed by atoms with Gasteiger partial charge in [0.25, 0.3) is 5.56 Å². The molecule has 0 aliphatic carbocycles. The number of nitrogens with one attached hydrogen (secondary N) is 1. The van der Waals surface area contributed by atoms with Crippen LogP contribution < -0.4 is 5.56 Å². The lowest BCUT2D eigenvalue weighted by molar-refractivity contribution is 0.476. The van der Waals surface area contributed by atoms with Crippen LogP contribution in [0.5, 0.6) is 5.75 Å². The average Bonchev–Trinajstić information content (AvgIpc) is 3.00. The number of hydrogen-bond acceptors (Lipinski definition) is 4. The van der Waals surface area contributed by atoms with Gasteiger partial charge in [0, 0.05) is 11.5 Å². The van der Waals surface area contributed by atoms with Crippen molar-refractivity contribution in [2.24, 2.45) is 0 Å². The van der Waals surface area contributed by atoms with E-state index in [9.17, 15) is 9.90 Å². The second-order valence-corrected chi connectivity index (χ2v) is 4.48. The summed E-state index contributed by atoms with van der Waals surface area (Å²) in [5, 5.41) is 12.9. The highest BCUT2D eigenvalue weighted by Crippen LogP contribution is 2.29. The molecule has 6 nitrogen and oxygen atoms in total. The number of hydrogen-bond donors (Lipinski definition) is 2. The molecule has 20 heavy (non-hydrogen) atoms. The fraction of sp³-hybridized carbons (Fsp3) is 0. The number of rotatable bonds is 1. The summed E-state index contributed by atoms with van der Waals surface area (Å²) in [6, 6.07) is 9.73. The van der Waals surface area contributed by atoms with Crippen molar-refractivity contribution in [2.45, 2.75) is 0 Å². The molecule has 0 saturated heterocycles. The SMILES string of the molecule is O=c1ccc2ncc(-c3cc4cc(O)ccc4o3)n2[nH]1. The number of fused-ring (bicyclic) bond motifs is 2. The number of aromatic amines is 1. The summed E-state index contributed by atoms with van der Waals surface area (Å²) in [4.78, 5) is 15.6. The number of aromatic nitrogens is 3. The van der Waals surface area contributed by atoms with Crippen molar-refractivity contribution >= 4 is 16.6 Å². The molecule has 1 aromatic carbocycles. The van der Waals surface area contributed by atoms with Gasteiger partial charge >= 0.3 is 0 Å². The van der Waals surface area contributed by atoms with Gasteiger partial charge in [0.2, 0.25) is 0 Å². The van der Waals surface area contributed by atoms with Crippen LogP contribution in [0.1, 0.15) is 0 Å². The van der Waals surface area contributed by atoms with Crippen LogP contribution in [0.3, 0.4) is 0 Å². The predicted octanol–water partition coefficient (Wildman–Crippen LogP) is 2.14. The van der Waals surface area contributed by atoms with Gasteiger partial charge in [-0.1, -0.05) is 0 Å². The Labute approximate surface area is 111 Å². The molecule has 0 fully saturated rings. The Hall–Kier alpha value is -3.02. The minimum atomic E-state index is -0.217. The first kappa shape index (κ1) is 10.9. The molecule has 0 spiro atoms. The second kappa shape index (κ2) is 3.74. The highest BCUT2D eigenvalue weighted by atomic mass is 16.3. The van der Waals surface area contributed by atoms with Crippen molar-refractivity contribution in [3.8, 4) is 17.2 Å². The van der Waals surface area contributed by atoms with Crippen molar-refractivity contribution in [3.63, 3.8) is 0 Å². The monoisotopic (exact) mass is 267 g/mol. The van der Waals surface area contributed by atoms with E-state index in [0.29, 0.717) is 22.7 Å². The maximum Gasteiger partial charge on any atom is 0.263 e. The Bertz CT molecular complexity index is 994. The van der Waals surface area contributed by atoms with Gasteiger partial charge in [-0.05, 0) is 30.3 Å². The lowest BCUT2D eigenvalue weighted by Gasteiger charge is -1.96. The Morgan fingerprint density at radius 1 is 1.20 bits per heavy atom. The first-order valence-electron chi connectivity index (χ1n) is 6.00. The Morgan fingerprint density at radius 3 is 3.00 bits per heavy atom.